The fourth-order valence-corrected chi connectivity index (χ4v) is 3.06. The van der Waals surface area contributed by atoms with E-state index in [9.17, 15) is 4.39 Å². The SMILES string of the molecule is C=CC=NCC1CCC(C(C)CC)C(C)[C@H]1F. The Morgan fingerprint density at radius 3 is 2.76 bits per heavy atom. The minimum absolute atomic E-state index is 0.113. The van der Waals surface area contributed by atoms with Gasteiger partial charge in [-0.15, -0.1) is 0 Å². The molecule has 5 atom stereocenters. The highest BCUT2D eigenvalue weighted by atomic mass is 19.1. The maximum atomic E-state index is 14.3. The van der Waals surface area contributed by atoms with E-state index >= 15 is 0 Å². The predicted octanol–water partition coefficient (Wildman–Crippen LogP) is 4.29. The lowest BCUT2D eigenvalue weighted by molar-refractivity contribution is 0.0408. The van der Waals surface area contributed by atoms with Crippen LogP contribution in [0.2, 0.25) is 0 Å². The van der Waals surface area contributed by atoms with Crippen LogP contribution in [0.1, 0.15) is 40.0 Å². The molecular weight excluding hydrogens is 213 g/mol. The third-order valence-electron chi connectivity index (χ3n) is 4.42. The van der Waals surface area contributed by atoms with Gasteiger partial charge in [-0.05, 0) is 30.6 Å². The van der Waals surface area contributed by atoms with Crippen LogP contribution in [0.3, 0.4) is 0 Å². The van der Waals surface area contributed by atoms with E-state index in [0.717, 1.165) is 19.3 Å². The molecule has 2 heteroatoms. The van der Waals surface area contributed by atoms with Crippen molar-refractivity contribution in [2.45, 2.75) is 46.2 Å². The van der Waals surface area contributed by atoms with Gasteiger partial charge in [0.2, 0.25) is 0 Å². The summed E-state index contributed by atoms with van der Waals surface area (Å²) in [6, 6.07) is 0. The van der Waals surface area contributed by atoms with E-state index in [1.165, 1.54) is 0 Å². The van der Waals surface area contributed by atoms with E-state index in [4.69, 9.17) is 0 Å². The van der Waals surface area contributed by atoms with E-state index in [-0.39, 0.29) is 11.8 Å². The molecule has 0 N–H and O–H groups in total. The third-order valence-corrected chi connectivity index (χ3v) is 4.42. The van der Waals surface area contributed by atoms with Gasteiger partial charge in [-0.2, -0.15) is 0 Å². The molecule has 0 aliphatic heterocycles. The van der Waals surface area contributed by atoms with Crippen LogP contribution >= 0.6 is 0 Å². The molecule has 0 spiro atoms. The Balaban J connectivity index is 2.55. The molecule has 0 aromatic carbocycles. The van der Waals surface area contributed by atoms with E-state index in [1.807, 2.05) is 0 Å². The third kappa shape index (κ3) is 3.65. The second-order valence-corrected chi connectivity index (χ2v) is 5.44. The van der Waals surface area contributed by atoms with Crippen molar-refractivity contribution in [3.63, 3.8) is 0 Å². The first kappa shape index (κ1) is 14.4. The van der Waals surface area contributed by atoms with Crippen LogP contribution < -0.4 is 0 Å². The molecule has 1 fully saturated rings. The molecule has 1 nitrogen and oxygen atoms in total. The molecule has 0 saturated heterocycles. The summed E-state index contributed by atoms with van der Waals surface area (Å²) >= 11 is 0. The first-order valence-corrected chi connectivity index (χ1v) is 6.86. The van der Waals surface area contributed by atoms with Gasteiger partial charge in [0.1, 0.15) is 6.17 Å². The molecule has 0 heterocycles. The van der Waals surface area contributed by atoms with E-state index in [1.54, 1.807) is 12.3 Å². The predicted molar refractivity (Wildman–Crippen MR) is 73.3 cm³/mol. The van der Waals surface area contributed by atoms with Crippen molar-refractivity contribution in [1.29, 1.82) is 0 Å². The summed E-state index contributed by atoms with van der Waals surface area (Å²) in [5.41, 5.74) is 0. The summed E-state index contributed by atoms with van der Waals surface area (Å²) in [5.74, 6) is 1.49. The molecule has 0 bridgehead atoms. The van der Waals surface area contributed by atoms with Crippen LogP contribution in [0.4, 0.5) is 4.39 Å². The van der Waals surface area contributed by atoms with Gasteiger partial charge in [-0.1, -0.05) is 39.8 Å². The zero-order valence-corrected chi connectivity index (χ0v) is 11.4. The number of nitrogens with zero attached hydrogens (tertiary/aromatic N) is 1. The number of aliphatic imine (C=N–C) groups is 1. The molecule has 0 radical (unpaired) electrons. The van der Waals surface area contributed by atoms with Crippen LogP contribution in [0.5, 0.6) is 0 Å². The minimum atomic E-state index is -0.690. The van der Waals surface area contributed by atoms with Crippen LogP contribution in [0, 0.1) is 23.7 Å². The van der Waals surface area contributed by atoms with Gasteiger partial charge in [0.25, 0.3) is 0 Å². The van der Waals surface area contributed by atoms with Crippen molar-refractivity contribution < 1.29 is 4.39 Å². The average Bonchev–Trinajstić information content (AvgIpc) is 2.34. The van der Waals surface area contributed by atoms with Crippen LogP contribution in [-0.2, 0) is 0 Å². The molecular formula is C15H26FN. The Kier molecular flexibility index (Phi) is 5.87. The molecule has 0 aromatic rings. The maximum absolute atomic E-state index is 14.3. The van der Waals surface area contributed by atoms with Crippen molar-refractivity contribution in [3.05, 3.63) is 12.7 Å². The monoisotopic (exact) mass is 239 g/mol. The van der Waals surface area contributed by atoms with Crippen molar-refractivity contribution >= 4 is 6.21 Å². The molecule has 0 amide bonds. The lowest BCUT2D eigenvalue weighted by atomic mass is 9.68. The van der Waals surface area contributed by atoms with Gasteiger partial charge in [0, 0.05) is 18.7 Å². The average molecular weight is 239 g/mol. The number of alkyl halides is 1. The van der Waals surface area contributed by atoms with E-state index < -0.39 is 6.17 Å². The summed E-state index contributed by atoms with van der Waals surface area (Å²) in [5, 5.41) is 0. The smallest absolute Gasteiger partial charge is 0.107 e. The highest BCUT2D eigenvalue weighted by molar-refractivity contribution is 5.69. The highest BCUT2D eigenvalue weighted by Crippen LogP contribution is 2.40. The molecule has 98 valence electrons. The first-order valence-electron chi connectivity index (χ1n) is 6.86. The van der Waals surface area contributed by atoms with Crippen LogP contribution in [0.15, 0.2) is 17.6 Å². The molecule has 1 saturated carbocycles. The maximum Gasteiger partial charge on any atom is 0.107 e. The van der Waals surface area contributed by atoms with Gasteiger partial charge < -0.3 is 0 Å². The molecule has 1 aliphatic carbocycles. The minimum Gasteiger partial charge on any atom is -0.293 e. The number of rotatable bonds is 5. The molecule has 17 heavy (non-hydrogen) atoms. The Labute approximate surface area is 105 Å². The van der Waals surface area contributed by atoms with E-state index in [2.05, 4.69) is 32.3 Å². The van der Waals surface area contributed by atoms with Gasteiger partial charge in [0.05, 0.1) is 0 Å². The Morgan fingerprint density at radius 2 is 2.18 bits per heavy atom. The zero-order valence-electron chi connectivity index (χ0n) is 11.4. The topological polar surface area (TPSA) is 12.4 Å². The number of halogens is 1. The van der Waals surface area contributed by atoms with Crippen LogP contribution in [-0.4, -0.2) is 18.9 Å². The molecule has 1 aliphatic rings. The van der Waals surface area contributed by atoms with Gasteiger partial charge in [-0.25, -0.2) is 4.39 Å². The lowest BCUT2D eigenvalue weighted by Crippen LogP contribution is -2.38. The second-order valence-electron chi connectivity index (χ2n) is 5.44. The largest absolute Gasteiger partial charge is 0.293 e. The van der Waals surface area contributed by atoms with Gasteiger partial charge in [-0.3, -0.25) is 4.99 Å². The standard InChI is InChI=1S/C15H26FN/c1-5-9-17-10-13-7-8-14(11(3)6-2)12(4)15(13)16/h5,9,11-15H,1,6-8,10H2,2-4H3/t11?,12?,13?,14?,15-/m1/s1. The quantitative estimate of drug-likeness (QED) is 0.635. The summed E-state index contributed by atoms with van der Waals surface area (Å²) < 4.78 is 14.3. The Morgan fingerprint density at radius 1 is 1.47 bits per heavy atom. The van der Waals surface area contributed by atoms with Crippen molar-refractivity contribution in [2.75, 3.05) is 6.54 Å². The van der Waals surface area contributed by atoms with Crippen molar-refractivity contribution in [2.24, 2.45) is 28.7 Å². The fraction of sp³-hybridized carbons (Fsp3) is 0.800. The summed E-state index contributed by atoms with van der Waals surface area (Å²) in [7, 11) is 0. The van der Waals surface area contributed by atoms with E-state index in [0.29, 0.717) is 18.4 Å². The van der Waals surface area contributed by atoms with Crippen LogP contribution in [0.25, 0.3) is 0 Å². The van der Waals surface area contributed by atoms with Crippen molar-refractivity contribution in [1.82, 2.24) is 0 Å². The van der Waals surface area contributed by atoms with Gasteiger partial charge in [0.15, 0.2) is 0 Å². The van der Waals surface area contributed by atoms with Crippen molar-refractivity contribution in [3.8, 4) is 0 Å². The Hall–Kier alpha value is -0.660. The summed E-state index contributed by atoms with van der Waals surface area (Å²) in [6.07, 6.45) is 5.94. The first-order chi connectivity index (χ1) is 8.11. The lowest BCUT2D eigenvalue weighted by Gasteiger charge is -2.39. The zero-order chi connectivity index (χ0) is 12.8. The molecule has 1 rings (SSSR count). The number of hydrogen-bond donors (Lipinski definition) is 0. The second kappa shape index (κ2) is 6.93. The Bertz CT molecular complexity index is 262. The summed E-state index contributed by atoms with van der Waals surface area (Å²) in [6.45, 7) is 10.7. The fourth-order valence-electron chi connectivity index (χ4n) is 3.06. The number of allylic oxidation sites excluding steroid dienone is 1. The van der Waals surface area contributed by atoms with Gasteiger partial charge >= 0.3 is 0 Å². The molecule has 0 aromatic heterocycles. The number of hydrogen-bond acceptors (Lipinski definition) is 1. The summed E-state index contributed by atoms with van der Waals surface area (Å²) in [4.78, 5) is 4.21. The highest BCUT2D eigenvalue weighted by Gasteiger charge is 2.38. The molecule has 4 unspecified atom stereocenters. The normalized spacial score (nSPS) is 36.0.